The summed E-state index contributed by atoms with van der Waals surface area (Å²) in [5.74, 6) is -0.134. The van der Waals surface area contributed by atoms with E-state index in [1.54, 1.807) is 4.90 Å². The molecule has 4 heteroatoms. The van der Waals surface area contributed by atoms with Gasteiger partial charge in [0.25, 0.3) is 0 Å². The third-order valence-electron chi connectivity index (χ3n) is 6.14. The van der Waals surface area contributed by atoms with Gasteiger partial charge in [0.1, 0.15) is 6.04 Å². The molecule has 34 heavy (non-hydrogen) atoms. The topological polar surface area (TPSA) is 49.4 Å². The number of nitrogens with one attached hydrogen (secondary N) is 1. The lowest BCUT2D eigenvalue weighted by Crippen LogP contribution is -2.51. The Kier molecular flexibility index (Phi) is 9.45. The summed E-state index contributed by atoms with van der Waals surface area (Å²) in [6.45, 7) is 7.17. The second-order valence-corrected chi connectivity index (χ2v) is 8.96. The molecule has 0 unspecified atom stereocenters. The molecule has 3 rings (SSSR count). The van der Waals surface area contributed by atoms with E-state index < -0.39 is 6.04 Å². The number of hydrogen-bond donors (Lipinski definition) is 1. The molecule has 0 aliphatic rings. The summed E-state index contributed by atoms with van der Waals surface area (Å²) >= 11 is 0. The van der Waals surface area contributed by atoms with Crippen molar-refractivity contribution in [3.05, 3.63) is 107 Å². The van der Waals surface area contributed by atoms with Gasteiger partial charge in [-0.1, -0.05) is 97.8 Å². The maximum Gasteiger partial charge on any atom is 0.243 e. The molecule has 0 bridgehead atoms. The molecule has 1 atom stereocenters. The molecule has 1 N–H and O–H groups in total. The highest BCUT2D eigenvalue weighted by Gasteiger charge is 2.30. The van der Waals surface area contributed by atoms with Crippen LogP contribution in [0.5, 0.6) is 0 Å². The molecule has 0 radical (unpaired) electrons. The van der Waals surface area contributed by atoms with E-state index in [0.29, 0.717) is 19.5 Å². The van der Waals surface area contributed by atoms with Gasteiger partial charge in [-0.3, -0.25) is 9.59 Å². The fourth-order valence-electron chi connectivity index (χ4n) is 4.14. The van der Waals surface area contributed by atoms with Gasteiger partial charge in [-0.15, -0.1) is 0 Å². The molecule has 2 amide bonds. The second kappa shape index (κ2) is 12.7. The predicted molar refractivity (Wildman–Crippen MR) is 138 cm³/mol. The van der Waals surface area contributed by atoms with E-state index in [2.05, 4.69) is 18.3 Å². The minimum atomic E-state index is -0.587. The van der Waals surface area contributed by atoms with Crippen LogP contribution in [0.15, 0.2) is 78.9 Å². The van der Waals surface area contributed by atoms with Crippen LogP contribution in [-0.2, 0) is 29.0 Å². The quantitative estimate of drug-likeness (QED) is 0.393. The molecular weight excluding hydrogens is 420 g/mol. The van der Waals surface area contributed by atoms with E-state index in [0.717, 1.165) is 40.7 Å². The fraction of sp³-hybridized carbons (Fsp3) is 0.333. The zero-order chi connectivity index (χ0) is 24.3. The molecule has 3 aromatic rings. The predicted octanol–water partition coefficient (Wildman–Crippen LogP) is 5.40. The smallest absolute Gasteiger partial charge is 0.243 e. The molecule has 4 nitrogen and oxygen atoms in total. The number of amides is 2. The summed E-state index contributed by atoms with van der Waals surface area (Å²) in [7, 11) is 0. The van der Waals surface area contributed by atoms with E-state index in [4.69, 9.17) is 0 Å². The number of unbranched alkanes of at least 4 members (excludes halogenated alkanes) is 1. The first kappa shape index (κ1) is 25.2. The molecule has 178 valence electrons. The van der Waals surface area contributed by atoms with Crippen molar-refractivity contribution in [2.45, 2.75) is 59.0 Å². The van der Waals surface area contributed by atoms with Gasteiger partial charge in [0, 0.05) is 19.5 Å². The van der Waals surface area contributed by atoms with E-state index >= 15 is 0 Å². The number of carbonyl (C=O) groups is 2. The molecule has 0 spiro atoms. The van der Waals surface area contributed by atoms with Crippen molar-refractivity contribution in [2.75, 3.05) is 6.54 Å². The monoisotopic (exact) mass is 456 g/mol. The lowest BCUT2D eigenvalue weighted by atomic mass is 10.00. The lowest BCUT2D eigenvalue weighted by molar-refractivity contribution is -0.140. The maximum atomic E-state index is 13.8. The Morgan fingerprint density at radius 1 is 0.882 bits per heavy atom. The van der Waals surface area contributed by atoms with Crippen LogP contribution >= 0.6 is 0 Å². The van der Waals surface area contributed by atoms with Crippen molar-refractivity contribution in [1.82, 2.24) is 10.2 Å². The van der Waals surface area contributed by atoms with Crippen molar-refractivity contribution in [1.29, 1.82) is 0 Å². The average molecular weight is 457 g/mol. The molecule has 0 saturated carbocycles. The van der Waals surface area contributed by atoms with E-state index in [1.165, 1.54) is 0 Å². The Morgan fingerprint density at radius 3 is 2.29 bits per heavy atom. The highest BCUT2D eigenvalue weighted by molar-refractivity contribution is 5.89. The van der Waals surface area contributed by atoms with Gasteiger partial charge >= 0.3 is 0 Å². The van der Waals surface area contributed by atoms with Crippen molar-refractivity contribution in [2.24, 2.45) is 0 Å². The summed E-state index contributed by atoms with van der Waals surface area (Å²) in [6, 6.07) is 25.5. The second-order valence-electron chi connectivity index (χ2n) is 8.96. The van der Waals surface area contributed by atoms with Crippen molar-refractivity contribution in [3.8, 4) is 0 Å². The summed E-state index contributed by atoms with van der Waals surface area (Å²) < 4.78 is 0. The standard InChI is InChI=1S/C30H36N2O2/c1-4-5-18-31-30(34)28(20-25-14-7-6-8-15-25)32(22-26-16-11-12-23(2)19-26)29(33)21-27-17-10-9-13-24(27)3/h6-17,19,28H,4-5,18,20-22H2,1-3H3,(H,31,34)/t28-/m1/s1. The molecule has 0 saturated heterocycles. The summed E-state index contributed by atoms with van der Waals surface area (Å²) in [5.41, 5.74) is 5.27. The van der Waals surface area contributed by atoms with Gasteiger partial charge in [-0.05, 0) is 42.5 Å². The molecule has 0 aliphatic carbocycles. The zero-order valence-corrected chi connectivity index (χ0v) is 20.6. The van der Waals surface area contributed by atoms with Gasteiger partial charge in [0.2, 0.25) is 11.8 Å². The summed E-state index contributed by atoms with van der Waals surface area (Å²) in [6.07, 6.45) is 2.66. The summed E-state index contributed by atoms with van der Waals surface area (Å²) in [5, 5.41) is 3.08. The number of carbonyl (C=O) groups excluding carboxylic acids is 2. The number of hydrogen-bond acceptors (Lipinski definition) is 2. The lowest BCUT2D eigenvalue weighted by Gasteiger charge is -2.32. The Hall–Kier alpha value is -3.40. The normalized spacial score (nSPS) is 11.6. The van der Waals surface area contributed by atoms with E-state index in [1.807, 2.05) is 86.6 Å². The Bertz CT molecular complexity index is 1080. The number of rotatable bonds is 11. The van der Waals surface area contributed by atoms with Crippen LogP contribution in [-0.4, -0.2) is 29.3 Å². The van der Waals surface area contributed by atoms with Crippen LogP contribution in [0.4, 0.5) is 0 Å². The first-order chi connectivity index (χ1) is 16.5. The van der Waals surface area contributed by atoms with Gasteiger partial charge < -0.3 is 10.2 Å². The van der Waals surface area contributed by atoms with Crippen LogP contribution in [0.3, 0.4) is 0 Å². The van der Waals surface area contributed by atoms with E-state index in [9.17, 15) is 9.59 Å². The largest absolute Gasteiger partial charge is 0.354 e. The third-order valence-corrected chi connectivity index (χ3v) is 6.14. The first-order valence-corrected chi connectivity index (χ1v) is 12.2. The Labute approximate surface area is 204 Å². The van der Waals surface area contributed by atoms with Gasteiger partial charge in [0.05, 0.1) is 6.42 Å². The first-order valence-electron chi connectivity index (χ1n) is 12.2. The van der Waals surface area contributed by atoms with Crippen molar-refractivity contribution >= 4 is 11.8 Å². The van der Waals surface area contributed by atoms with Crippen LogP contribution in [0.25, 0.3) is 0 Å². The van der Waals surface area contributed by atoms with Crippen LogP contribution in [0.1, 0.15) is 47.6 Å². The number of benzene rings is 3. The number of nitrogens with zero attached hydrogens (tertiary/aromatic N) is 1. The van der Waals surface area contributed by atoms with Crippen molar-refractivity contribution < 1.29 is 9.59 Å². The van der Waals surface area contributed by atoms with Crippen LogP contribution in [0.2, 0.25) is 0 Å². The fourth-order valence-corrected chi connectivity index (χ4v) is 4.14. The molecule has 0 aliphatic heterocycles. The van der Waals surface area contributed by atoms with Gasteiger partial charge in [0.15, 0.2) is 0 Å². The molecule has 0 fully saturated rings. The molecule has 0 aromatic heterocycles. The minimum Gasteiger partial charge on any atom is -0.354 e. The highest BCUT2D eigenvalue weighted by Crippen LogP contribution is 2.18. The third kappa shape index (κ3) is 7.31. The maximum absolute atomic E-state index is 13.8. The minimum absolute atomic E-state index is 0.0395. The Morgan fingerprint density at radius 2 is 1.59 bits per heavy atom. The van der Waals surface area contributed by atoms with Gasteiger partial charge in [-0.25, -0.2) is 0 Å². The Balaban J connectivity index is 1.95. The van der Waals surface area contributed by atoms with Crippen molar-refractivity contribution in [3.63, 3.8) is 0 Å². The molecular formula is C30H36N2O2. The molecule has 0 heterocycles. The SMILES string of the molecule is CCCCNC(=O)[C@@H](Cc1ccccc1)N(Cc1cccc(C)c1)C(=O)Cc1ccccc1C. The molecule has 3 aromatic carbocycles. The zero-order valence-electron chi connectivity index (χ0n) is 20.6. The van der Waals surface area contributed by atoms with E-state index in [-0.39, 0.29) is 18.2 Å². The van der Waals surface area contributed by atoms with Gasteiger partial charge in [-0.2, -0.15) is 0 Å². The number of aryl methyl sites for hydroxylation is 2. The average Bonchev–Trinajstić information content (AvgIpc) is 2.83. The summed E-state index contributed by atoms with van der Waals surface area (Å²) in [4.78, 5) is 29.0. The highest BCUT2D eigenvalue weighted by atomic mass is 16.2. The van der Waals surface area contributed by atoms with Crippen LogP contribution in [0, 0.1) is 13.8 Å². The van der Waals surface area contributed by atoms with Crippen LogP contribution < -0.4 is 5.32 Å².